The van der Waals surface area contributed by atoms with Gasteiger partial charge < -0.3 is 10.2 Å². The lowest BCUT2D eigenvalue weighted by Crippen LogP contribution is -2.45. The number of halogens is 1. The number of aromatic nitrogens is 1. The molecule has 6 nitrogen and oxygen atoms in total. The molecule has 3 aliphatic rings. The third-order valence-electron chi connectivity index (χ3n) is 4.46. The van der Waals surface area contributed by atoms with E-state index in [1.54, 1.807) is 18.6 Å². The summed E-state index contributed by atoms with van der Waals surface area (Å²) < 4.78 is 14.5. The second-order valence-electron chi connectivity index (χ2n) is 6.43. The van der Waals surface area contributed by atoms with E-state index < -0.39 is 0 Å². The lowest BCUT2D eigenvalue weighted by Gasteiger charge is -2.31. The lowest BCUT2D eigenvalue weighted by atomic mass is 9.98. The topological polar surface area (TPSA) is 65.2 Å². The van der Waals surface area contributed by atoms with Crippen LogP contribution < -0.4 is 5.32 Å². The summed E-state index contributed by atoms with van der Waals surface area (Å²) in [5.74, 6) is 0.791. The summed E-state index contributed by atoms with van der Waals surface area (Å²) >= 11 is 0. The van der Waals surface area contributed by atoms with Crippen molar-refractivity contribution in [1.29, 1.82) is 0 Å². The Hall–Kier alpha value is -3.09. The van der Waals surface area contributed by atoms with Crippen molar-refractivity contribution in [2.45, 2.75) is 25.9 Å². The Labute approximate surface area is 151 Å². The Balaban J connectivity index is 1.77. The van der Waals surface area contributed by atoms with Crippen LogP contribution in [0.1, 0.15) is 19.8 Å². The minimum atomic E-state index is -0.340. The second-order valence-corrected chi connectivity index (χ2v) is 6.43. The van der Waals surface area contributed by atoms with Gasteiger partial charge in [0.2, 0.25) is 0 Å². The lowest BCUT2D eigenvalue weighted by molar-refractivity contribution is 0.409. The first kappa shape index (κ1) is 16.4. The SMILES string of the molecule is CC1=CC(C2=NC3C(=NC=CN3C)C(Nc3ccncc3)=N2)=C(F)CC1. The number of fused-ring (bicyclic) bond motifs is 1. The number of rotatable bonds is 2. The number of nitrogens with zero attached hydrogens (tertiary/aromatic N) is 5. The highest BCUT2D eigenvalue weighted by Crippen LogP contribution is 2.28. The fourth-order valence-electron chi connectivity index (χ4n) is 3.02. The predicted octanol–water partition coefficient (Wildman–Crippen LogP) is 3.45. The Morgan fingerprint density at radius 2 is 2.04 bits per heavy atom. The predicted molar refractivity (Wildman–Crippen MR) is 102 cm³/mol. The summed E-state index contributed by atoms with van der Waals surface area (Å²) in [6, 6.07) is 3.69. The average Bonchev–Trinajstić information content (AvgIpc) is 2.65. The maximum atomic E-state index is 14.5. The monoisotopic (exact) mass is 350 g/mol. The van der Waals surface area contributed by atoms with Gasteiger partial charge >= 0.3 is 0 Å². The smallest absolute Gasteiger partial charge is 0.169 e. The standard InChI is InChI=1S/C19H19FN6/c1-12-3-4-15(20)14(11-12)17-24-18(23-13-5-7-21-8-6-13)16-19(25-17)26(2)10-9-22-16/h5-11,19H,3-4H2,1-2H3,(H,21,23,24,25). The number of hydrogen-bond acceptors (Lipinski definition) is 6. The summed E-state index contributed by atoms with van der Waals surface area (Å²) in [6.07, 6.45) is 9.57. The number of hydrogen-bond donors (Lipinski definition) is 1. The average molecular weight is 350 g/mol. The maximum Gasteiger partial charge on any atom is 0.169 e. The molecular weight excluding hydrogens is 331 g/mol. The van der Waals surface area contributed by atoms with Crippen LogP contribution in [0.2, 0.25) is 0 Å². The summed E-state index contributed by atoms with van der Waals surface area (Å²) in [5.41, 5.74) is 3.13. The van der Waals surface area contributed by atoms with Gasteiger partial charge in [-0.15, -0.1) is 0 Å². The van der Waals surface area contributed by atoms with Crippen molar-refractivity contribution in [3.63, 3.8) is 0 Å². The molecular formula is C19H19FN6. The van der Waals surface area contributed by atoms with Crippen LogP contribution in [0.3, 0.4) is 0 Å². The molecule has 0 amide bonds. The van der Waals surface area contributed by atoms with Crippen molar-refractivity contribution in [2.75, 3.05) is 12.4 Å². The van der Waals surface area contributed by atoms with Crippen molar-refractivity contribution in [2.24, 2.45) is 15.0 Å². The van der Waals surface area contributed by atoms with Crippen molar-refractivity contribution in [3.05, 3.63) is 60.0 Å². The molecule has 4 rings (SSSR count). The van der Waals surface area contributed by atoms with Gasteiger partial charge in [-0.25, -0.2) is 14.4 Å². The van der Waals surface area contributed by atoms with E-state index in [0.29, 0.717) is 29.4 Å². The van der Waals surface area contributed by atoms with Gasteiger partial charge in [-0.1, -0.05) is 5.57 Å². The van der Waals surface area contributed by atoms with Gasteiger partial charge in [0, 0.05) is 43.9 Å². The summed E-state index contributed by atoms with van der Waals surface area (Å²) in [5, 5.41) is 3.27. The van der Waals surface area contributed by atoms with Crippen LogP contribution in [0.25, 0.3) is 0 Å². The second kappa shape index (κ2) is 6.67. The summed E-state index contributed by atoms with van der Waals surface area (Å²) in [7, 11) is 1.92. The van der Waals surface area contributed by atoms with Crippen molar-refractivity contribution in [3.8, 4) is 0 Å². The van der Waals surface area contributed by atoms with Gasteiger partial charge in [0.1, 0.15) is 11.5 Å². The Morgan fingerprint density at radius 1 is 1.23 bits per heavy atom. The summed E-state index contributed by atoms with van der Waals surface area (Å²) in [6.45, 7) is 2.00. The van der Waals surface area contributed by atoms with E-state index >= 15 is 0 Å². The maximum absolute atomic E-state index is 14.5. The van der Waals surface area contributed by atoms with Gasteiger partial charge in [-0.05, 0) is 31.6 Å². The van der Waals surface area contributed by atoms with E-state index in [9.17, 15) is 4.39 Å². The first-order valence-corrected chi connectivity index (χ1v) is 8.48. The Bertz CT molecular complexity index is 907. The fourth-order valence-corrected chi connectivity index (χ4v) is 3.02. The third kappa shape index (κ3) is 3.08. The molecule has 7 heteroatoms. The molecule has 0 bridgehead atoms. The molecule has 132 valence electrons. The van der Waals surface area contributed by atoms with Gasteiger partial charge in [0.15, 0.2) is 17.8 Å². The van der Waals surface area contributed by atoms with E-state index in [-0.39, 0.29) is 12.0 Å². The number of nitrogens with one attached hydrogen (secondary N) is 1. The molecule has 0 saturated carbocycles. The zero-order valence-electron chi connectivity index (χ0n) is 14.6. The van der Waals surface area contributed by atoms with Crippen LogP contribution in [-0.4, -0.2) is 40.5 Å². The molecule has 1 aromatic heterocycles. The highest BCUT2D eigenvalue weighted by molar-refractivity contribution is 6.50. The fraction of sp³-hybridized carbons (Fsp3) is 0.263. The minimum absolute atomic E-state index is 0.171. The van der Waals surface area contributed by atoms with E-state index in [0.717, 1.165) is 17.7 Å². The van der Waals surface area contributed by atoms with Gasteiger partial charge in [0.05, 0.1) is 5.57 Å². The summed E-state index contributed by atoms with van der Waals surface area (Å²) in [4.78, 5) is 19.7. The molecule has 0 aromatic carbocycles. The van der Waals surface area contributed by atoms with Gasteiger partial charge in [0.25, 0.3) is 0 Å². The highest BCUT2D eigenvalue weighted by atomic mass is 19.1. The van der Waals surface area contributed by atoms with Gasteiger partial charge in [-0.2, -0.15) is 0 Å². The molecule has 0 fully saturated rings. The van der Waals surface area contributed by atoms with Crippen LogP contribution >= 0.6 is 0 Å². The van der Waals surface area contributed by atoms with Crippen LogP contribution in [0, 0.1) is 0 Å². The molecule has 0 radical (unpaired) electrons. The molecule has 1 aromatic rings. The quantitative estimate of drug-likeness (QED) is 0.888. The molecule has 2 aliphatic heterocycles. The molecule has 1 aliphatic carbocycles. The third-order valence-corrected chi connectivity index (χ3v) is 4.46. The number of allylic oxidation sites excluding steroid dienone is 2. The zero-order chi connectivity index (χ0) is 18.1. The van der Waals surface area contributed by atoms with Crippen LogP contribution in [-0.2, 0) is 0 Å². The first-order chi connectivity index (χ1) is 12.6. The zero-order valence-corrected chi connectivity index (χ0v) is 14.6. The van der Waals surface area contributed by atoms with Crippen LogP contribution in [0.15, 0.2) is 75.0 Å². The van der Waals surface area contributed by atoms with E-state index in [1.807, 2.05) is 43.3 Å². The van der Waals surface area contributed by atoms with Crippen LogP contribution in [0.4, 0.5) is 10.1 Å². The van der Waals surface area contributed by atoms with E-state index in [2.05, 4.69) is 25.3 Å². The van der Waals surface area contributed by atoms with Gasteiger partial charge in [-0.3, -0.25) is 9.98 Å². The molecule has 26 heavy (non-hydrogen) atoms. The molecule has 1 unspecified atom stereocenters. The largest absolute Gasteiger partial charge is 0.352 e. The minimum Gasteiger partial charge on any atom is -0.352 e. The van der Waals surface area contributed by atoms with Crippen LogP contribution in [0.5, 0.6) is 0 Å². The number of pyridine rings is 1. The Kier molecular flexibility index (Phi) is 4.20. The highest BCUT2D eigenvalue weighted by Gasteiger charge is 2.31. The van der Waals surface area contributed by atoms with Crippen molar-refractivity contribution in [1.82, 2.24) is 9.88 Å². The number of anilines is 1. The number of amidine groups is 2. The van der Waals surface area contributed by atoms with Crippen molar-refractivity contribution < 1.29 is 4.39 Å². The van der Waals surface area contributed by atoms with E-state index in [1.165, 1.54) is 0 Å². The molecule has 0 spiro atoms. The first-order valence-electron chi connectivity index (χ1n) is 8.48. The molecule has 1 N–H and O–H groups in total. The molecule has 0 saturated heterocycles. The number of aliphatic imine (C=N–C) groups is 3. The van der Waals surface area contributed by atoms with E-state index in [4.69, 9.17) is 0 Å². The molecule has 1 atom stereocenters. The normalized spacial score (nSPS) is 22.3. The molecule has 3 heterocycles. The Morgan fingerprint density at radius 3 is 2.85 bits per heavy atom. The van der Waals surface area contributed by atoms with Crippen molar-refractivity contribution >= 4 is 23.1 Å².